The van der Waals surface area contributed by atoms with E-state index in [2.05, 4.69) is 0 Å². The maximum atomic E-state index is 13.7. The predicted molar refractivity (Wildman–Crippen MR) is 104 cm³/mol. The molecule has 152 valence electrons. The van der Waals surface area contributed by atoms with E-state index in [0.29, 0.717) is 0 Å². The zero-order valence-corrected chi connectivity index (χ0v) is 16.8. The van der Waals surface area contributed by atoms with E-state index in [9.17, 15) is 22.0 Å². The number of sulfonamides is 1. The van der Waals surface area contributed by atoms with Crippen molar-refractivity contribution < 1.29 is 22.0 Å². The molecular formula is C19H17F2N3O3S2. The van der Waals surface area contributed by atoms with E-state index < -0.39 is 21.7 Å². The van der Waals surface area contributed by atoms with Gasteiger partial charge in [-0.1, -0.05) is 12.1 Å². The van der Waals surface area contributed by atoms with E-state index in [1.54, 1.807) is 12.1 Å². The fraction of sp³-hybridized carbons (Fsp3) is 0.263. The van der Waals surface area contributed by atoms with E-state index in [4.69, 9.17) is 5.26 Å². The quantitative estimate of drug-likeness (QED) is 0.672. The number of rotatable bonds is 5. The molecule has 1 fully saturated rings. The van der Waals surface area contributed by atoms with Crippen LogP contribution >= 0.6 is 11.8 Å². The first-order valence-corrected chi connectivity index (χ1v) is 11.1. The van der Waals surface area contributed by atoms with Gasteiger partial charge in [0.1, 0.15) is 17.7 Å². The van der Waals surface area contributed by atoms with Crippen molar-refractivity contribution in [1.82, 2.24) is 9.21 Å². The first-order chi connectivity index (χ1) is 13.8. The molecule has 2 aromatic carbocycles. The molecule has 10 heteroatoms. The highest BCUT2D eigenvalue weighted by atomic mass is 32.2. The summed E-state index contributed by atoms with van der Waals surface area (Å²) in [7, 11) is -3.84. The third-order valence-electron chi connectivity index (χ3n) is 4.46. The fourth-order valence-corrected chi connectivity index (χ4v) is 5.31. The van der Waals surface area contributed by atoms with E-state index in [-0.39, 0.29) is 53.2 Å². The summed E-state index contributed by atoms with van der Waals surface area (Å²) >= 11 is 0.965. The topological polar surface area (TPSA) is 81.5 Å². The second-order valence-electron chi connectivity index (χ2n) is 6.26. The van der Waals surface area contributed by atoms with Crippen molar-refractivity contribution in [3.63, 3.8) is 0 Å². The average Bonchev–Trinajstić information content (AvgIpc) is 2.73. The highest BCUT2D eigenvalue weighted by molar-refractivity contribution is 8.00. The standard InChI is InChI=1S/C19H17F2N3O3S2/c20-15-5-6-17(16(21)11-15)28-13-19(25)23-7-9-24(10-8-23)29(26,27)18-4-2-1-3-14(18)12-22/h1-6,11H,7-10,13H2. The number of benzene rings is 2. The molecule has 0 atom stereocenters. The number of carbonyl (C=O) groups excluding carboxylic acids is 1. The normalized spacial score (nSPS) is 15.1. The number of hydrogen-bond acceptors (Lipinski definition) is 5. The Morgan fingerprint density at radius 1 is 1.10 bits per heavy atom. The van der Waals surface area contributed by atoms with E-state index >= 15 is 0 Å². The van der Waals surface area contributed by atoms with Crippen LogP contribution in [0.2, 0.25) is 0 Å². The van der Waals surface area contributed by atoms with Crippen LogP contribution < -0.4 is 0 Å². The van der Waals surface area contributed by atoms with Gasteiger partial charge in [0.25, 0.3) is 0 Å². The van der Waals surface area contributed by atoms with Gasteiger partial charge >= 0.3 is 0 Å². The molecule has 0 radical (unpaired) electrons. The number of thioether (sulfide) groups is 1. The monoisotopic (exact) mass is 437 g/mol. The van der Waals surface area contributed by atoms with Gasteiger partial charge in [0.05, 0.1) is 16.2 Å². The van der Waals surface area contributed by atoms with E-state index in [1.165, 1.54) is 27.4 Å². The Bertz CT molecular complexity index is 1060. The smallest absolute Gasteiger partial charge is 0.244 e. The molecule has 29 heavy (non-hydrogen) atoms. The molecule has 6 nitrogen and oxygen atoms in total. The van der Waals surface area contributed by atoms with Gasteiger partial charge in [-0.15, -0.1) is 11.8 Å². The second-order valence-corrected chi connectivity index (χ2v) is 9.18. The molecule has 1 aliphatic heterocycles. The van der Waals surface area contributed by atoms with Gasteiger partial charge in [0, 0.05) is 37.1 Å². The Hall–Kier alpha value is -2.48. The summed E-state index contributed by atoms with van der Waals surface area (Å²) in [6.45, 7) is 0.589. The summed E-state index contributed by atoms with van der Waals surface area (Å²) in [4.78, 5) is 14.0. The Kier molecular flexibility index (Phi) is 6.52. The van der Waals surface area contributed by atoms with Crippen molar-refractivity contribution in [1.29, 1.82) is 5.26 Å². The van der Waals surface area contributed by atoms with Crippen LogP contribution in [0, 0.1) is 23.0 Å². The van der Waals surface area contributed by atoms with E-state index in [1.807, 2.05) is 6.07 Å². The Labute approximate surface area is 171 Å². The largest absolute Gasteiger partial charge is 0.339 e. The summed E-state index contributed by atoms with van der Waals surface area (Å²) < 4.78 is 53.5. The van der Waals surface area contributed by atoms with E-state index in [0.717, 1.165) is 23.9 Å². The van der Waals surface area contributed by atoms with Crippen LogP contribution in [-0.2, 0) is 14.8 Å². The number of amides is 1. The average molecular weight is 437 g/mol. The van der Waals surface area contributed by atoms with Crippen LogP contribution in [0.1, 0.15) is 5.56 Å². The lowest BCUT2D eigenvalue weighted by atomic mass is 10.2. The lowest BCUT2D eigenvalue weighted by Gasteiger charge is -2.34. The summed E-state index contributed by atoms with van der Waals surface area (Å²) in [5.41, 5.74) is 0.0729. The maximum absolute atomic E-state index is 13.7. The zero-order valence-electron chi connectivity index (χ0n) is 15.2. The molecule has 0 unspecified atom stereocenters. The first kappa shape index (κ1) is 21.2. The lowest BCUT2D eigenvalue weighted by molar-refractivity contribution is -0.129. The van der Waals surface area contributed by atoms with Crippen molar-refractivity contribution >= 4 is 27.7 Å². The molecule has 3 rings (SSSR count). The SMILES string of the molecule is N#Cc1ccccc1S(=O)(=O)N1CCN(C(=O)CSc2ccc(F)cc2F)CC1. The van der Waals surface area contributed by atoms with Crippen molar-refractivity contribution in [2.45, 2.75) is 9.79 Å². The van der Waals surface area contributed by atoms with Crippen LogP contribution in [0.4, 0.5) is 8.78 Å². The first-order valence-electron chi connectivity index (χ1n) is 8.68. The maximum Gasteiger partial charge on any atom is 0.244 e. The van der Waals surface area contributed by atoms with Gasteiger partial charge in [-0.3, -0.25) is 4.79 Å². The summed E-state index contributed by atoms with van der Waals surface area (Å²) in [5.74, 6) is -1.71. The van der Waals surface area contributed by atoms with Gasteiger partial charge in [-0.25, -0.2) is 17.2 Å². The molecule has 1 heterocycles. The highest BCUT2D eigenvalue weighted by Gasteiger charge is 2.31. The minimum Gasteiger partial charge on any atom is -0.339 e. The fourth-order valence-electron chi connectivity index (χ4n) is 2.92. The van der Waals surface area contributed by atoms with Crippen LogP contribution in [0.25, 0.3) is 0 Å². The number of nitrogens with zero attached hydrogens (tertiary/aromatic N) is 3. The van der Waals surface area contributed by atoms with Gasteiger partial charge in [0.15, 0.2) is 0 Å². The Morgan fingerprint density at radius 3 is 2.45 bits per heavy atom. The van der Waals surface area contributed by atoms with Gasteiger partial charge in [-0.05, 0) is 24.3 Å². The third-order valence-corrected chi connectivity index (χ3v) is 7.45. The molecule has 0 N–H and O–H groups in total. The molecule has 0 aliphatic carbocycles. The van der Waals surface area contributed by atoms with Gasteiger partial charge < -0.3 is 4.90 Å². The lowest BCUT2D eigenvalue weighted by Crippen LogP contribution is -2.51. The highest BCUT2D eigenvalue weighted by Crippen LogP contribution is 2.24. The minimum atomic E-state index is -3.84. The van der Waals surface area contributed by atoms with Crippen LogP contribution in [0.5, 0.6) is 0 Å². The predicted octanol–water partition coefficient (Wildman–Crippen LogP) is 2.46. The molecule has 2 aromatic rings. The molecule has 1 saturated heterocycles. The third kappa shape index (κ3) is 4.75. The number of halogens is 2. The number of nitriles is 1. The summed E-state index contributed by atoms with van der Waals surface area (Å²) in [5, 5.41) is 9.15. The second kappa shape index (κ2) is 8.90. The van der Waals surface area contributed by atoms with Crippen molar-refractivity contribution in [2.75, 3.05) is 31.9 Å². The number of hydrogen-bond donors (Lipinski definition) is 0. The molecule has 0 spiro atoms. The number of piperazine rings is 1. The molecule has 1 amide bonds. The molecule has 0 saturated carbocycles. The molecule has 0 aromatic heterocycles. The van der Waals surface area contributed by atoms with Crippen LogP contribution in [-0.4, -0.2) is 55.5 Å². The van der Waals surface area contributed by atoms with Crippen molar-refractivity contribution in [2.24, 2.45) is 0 Å². The number of carbonyl (C=O) groups is 1. The molecule has 1 aliphatic rings. The van der Waals surface area contributed by atoms with Crippen molar-refractivity contribution in [3.8, 4) is 6.07 Å². The van der Waals surface area contributed by atoms with Crippen molar-refractivity contribution in [3.05, 3.63) is 59.7 Å². The minimum absolute atomic E-state index is 0.0352. The summed E-state index contributed by atoms with van der Waals surface area (Å²) in [6, 6.07) is 11.0. The molecule has 0 bridgehead atoms. The summed E-state index contributed by atoms with van der Waals surface area (Å²) in [6.07, 6.45) is 0. The Balaban J connectivity index is 1.60. The van der Waals surface area contributed by atoms with Gasteiger partial charge in [-0.2, -0.15) is 9.57 Å². The Morgan fingerprint density at radius 2 is 1.79 bits per heavy atom. The molecular weight excluding hydrogens is 420 g/mol. The zero-order chi connectivity index (χ0) is 21.0. The van der Waals surface area contributed by atoms with Crippen LogP contribution in [0.15, 0.2) is 52.3 Å². The van der Waals surface area contributed by atoms with Gasteiger partial charge in [0.2, 0.25) is 15.9 Å². The van der Waals surface area contributed by atoms with Crippen LogP contribution in [0.3, 0.4) is 0 Å².